The average molecular weight is 539 g/mol. The zero-order valence-electron chi connectivity index (χ0n) is 19.5. The first-order chi connectivity index (χ1) is 17.4. The van der Waals surface area contributed by atoms with E-state index in [0.29, 0.717) is 32.9 Å². The van der Waals surface area contributed by atoms with Crippen molar-refractivity contribution < 1.29 is 19.2 Å². The summed E-state index contributed by atoms with van der Waals surface area (Å²) in [6.07, 6.45) is 3.75. The molecule has 7 nitrogen and oxygen atoms in total. The van der Waals surface area contributed by atoms with Crippen LogP contribution in [0.15, 0.2) is 76.5 Å². The minimum atomic E-state index is -0.432. The Balaban J connectivity index is 1.56. The van der Waals surface area contributed by atoms with Crippen LogP contribution in [-0.4, -0.2) is 28.0 Å². The van der Waals surface area contributed by atoms with Crippen LogP contribution in [-0.2, 0) is 11.4 Å². The second kappa shape index (κ2) is 11.6. The Hall–Kier alpha value is -3.34. The number of thioether (sulfide) groups is 2. The van der Waals surface area contributed by atoms with Crippen molar-refractivity contribution in [1.82, 2.24) is 0 Å². The minimum Gasteiger partial charge on any atom is -0.490 e. The number of hydrogen-bond donors (Lipinski definition) is 0. The molecule has 1 fully saturated rings. The number of carbonyl (C=O) groups is 1. The standard InChI is InChI=1S/C26H22N2O5S3/c1-3-32-23-13-17(11-12-22(23)33-16-18-7-4-5-10-21(18)28(30)31)14-24-25(29)27(26(34)36-24)19-8-6-9-20(15-19)35-2/h4-15H,3,16H2,1-2H3/b24-14+. The molecule has 0 bridgehead atoms. The number of rotatable bonds is 9. The number of thiocarbonyl (C=S) groups is 1. The van der Waals surface area contributed by atoms with Gasteiger partial charge in [0.2, 0.25) is 0 Å². The SMILES string of the molecule is CCOc1cc(/C=C2/SC(=S)N(c3cccc(SC)c3)C2=O)ccc1OCc1ccccc1[N+](=O)[O-]. The van der Waals surface area contributed by atoms with Crippen LogP contribution in [0.1, 0.15) is 18.1 Å². The zero-order valence-corrected chi connectivity index (χ0v) is 22.0. The first kappa shape index (κ1) is 25.7. The minimum absolute atomic E-state index is 0.00262. The summed E-state index contributed by atoms with van der Waals surface area (Å²) in [6, 6.07) is 19.4. The largest absolute Gasteiger partial charge is 0.490 e. The zero-order chi connectivity index (χ0) is 25.7. The Bertz CT molecular complexity index is 1360. The molecule has 1 amide bonds. The van der Waals surface area contributed by atoms with E-state index in [1.165, 1.54) is 17.8 Å². The van der Waals surface area contributed by atoms with Gasteiger partial charge in [-0.1, -0.05) is 48.2 Å². The molecule has 10 heteroatoms. The van der Waals surface area contributed by atoms with Crippen LogP contribution in [0, 0.1) is 10.1 Å². The lowest BCUT2D eigenvalue weighted by Crippen LogP contribution is -2.27. The van der Waals surface area contributed by atoms with Crippen LogP contribution >= 0.6 is 35.7 Å². The van der Waals surface area contributed by atoms with Gasteiger partial charge in [0.15, 0.2) is 15.8 Å². The van der Waals surface area contributed by atoms with Crippen molar-refractivity contribution in [1.29, 1.82) is 0 Å². The Morgan fingerprint density at radius 1 is 1.08 bits per heavy atom. The predicted molar refractivity (Wildman–Crippen MR) is 149 cm³/mol. The summed E-state index contributed by atoms with van der Waals surface area (Å²) in [5, 5.41) is 11.3. The van der Waals surface area contributed by atoms with Crippen molar-refractivity contribution in [3.8, 4) is 11.5 Å². The van der Waals surface area contributed by atoms with Gasteiger partial charge in [-0.25, -0.2) is 0 Å². The van der Waals surface area contributed by atoms with Gasteiger partial charge in [-0.3, -0.25) is 19.8 Å². The highest BCUT2D eigenvalue weighted by molar-refractivity contribution is 8.27. The summed E-state index contributed by atoms with van der Waals surface area (Å²) in [7, 11) is 0. The van der Waals surface area contributed by atoms with Crippen LogP contribution in [0.5, 0.6) is 11.5 Å². The molecule has 1 aliphatic rings. The molecule has 0 aliphatic carbocycles. The number of hydrogen-bond acceptors (Lipinski definition) is 8. The predicted octanol–water partition coefficient (Wildman–Crippen LogP) is 6.70. The van der Waals surface area contributed by atoms with E-state index in [-0.39, 0.29) is 18.2 Å². The molecule has 0 atom stereocenters. The summed E-state index contributed by atoms with van der Waals surface area (Å²) in [5.41, 5.74) is 1.94. The topological polar surface area (TPSA) is 81.9 Å². The number of amides is 1. The highest BCUT2D eigenvalue weighted by atomic mass is 32.2. The lowest BCUT2D eigenvalue weighted by atomic mass is 10.1. The fraction of sp³-hybridized carbons (Fsp3) is 0.154. The molecule has 0 aromatic heterocycles. The maximum atomic E-state index is 13.2. The van der Waals surface area contributed by atoms with Gasteiger partial charge in [-0.05, 0) is 61.2 Å². The molecule has 0 radical (unpaired) electrons. The van der Waals surface area contributed by atoms with Crippen molar-refractivity contribution >= 4 is 63.4 Å². The molecule has 1 aliphatic heterocycles. The van der Waals surface area contributed by atoms with Gasteiger partial charge in [0.1, 0.15) is 6.61 Å². The fourth-order valence-corrected chi connectivity index (χ4v) is 5.31. The van der Waals surface area contributed by atoms with Crippen molar-refractivity contribution in [2.75, 3.05) is 17.8 Å². The molecule has 36 heavy (non-hydrogen) atoms. The van der Waals surface area contributed by atoms with E-state index in [4.69, 9.17) is 21.7 Å². The van der Waals surface area contributed by atoms with E-state index in [1.54, 1.807) is 59.1 Å². The molecule has 0 spiro atoms. The van der Waals surface area contributed by atoms with Crippen LogP contribution in [0.25, 0.3) is 6.08 Å². The van der Waals surface area contributed by atoms with Crippen LogP contribution < -0.4 is 14.4 Å². The number of nitro groups is 1. The van der Waals surface area contributed by atoms with E-state index < -0.39 is 4.92 Å². The number of para-hydroxylation sites is 1. The average Bonchev–Trinajstić information content (AvgIpc) is 3.16. The molecule has 1 saturated heterocycles. The summed E-state index contributed by atoms with van der Waals surface area (Å²) < 4.78 is 12.1. The maximum absolute atomic E-state index is 13.2. The fourth-order valence-electron chi connectivity index (χ4n) is 3.56. The lowest BCUT2D eigenvalue weighted by Gasteiger charge is -2.15. The first-order valence-electron chi connectivity index (χ1n) is 10.9. The van der Waals surface area contributed by atoms with Crippen LogP contribution in [0.3, 0.4) is 0 Å². The lowest BCUT2D eigenvalue weighted by molar-refractivity contribution is -0.385. The van der Waals surface area contributed by atoms with E-state index in [1.807, 2.05) is 37.4 Å². The number of ether oxygens (including phenoxy) is 2. The summed E-state index contributed by atoms with van der Waals surface area (Å²) in [6.45, 7) is 2.27. The Morgan fingerprint density at radius 2 is 1.89 bits per heavy atom. The van der Waals surface area contributed by atoms with Gasteiger partial charge in [0.25, 0.3) is 11.6 Å². The molecular weight excluding hydrogens is 516 g/mol. The number of nitrogens with zero attached hydrogens (tertiary/aromatic N) is 2. The Morgan fingerprint density at radius 3 is 2.64 bits per heavy atom. The third-order valence-corrected chi connectivity index (χ3v) is 7.27. The van der Waals surface area contributed by atoms with Crippen molar-refractivity contribution in [3.63, 3.8) is 0 Å². The van der Waals surface area contributed by atoms with Gasteiger partial charge in [-0.15, -0.1) is 11.8 Å². The third kappa shape index (κ3) is 5.72. The molecular formula is C26H22N2O5S3. The highest BCUT2D eigenvalue weighted by Gasteiger charge is 2.33. The Kier molecular flexibility index (Phi) is 8.29. The monoisotopic (exact) mass is 538 g/mol. The molecule has 0 saturated carbocycles. The first-order valence-corrected chi connectivity index (χ1v) is 13.4. The van der Waals surface area contributed by atoms with Crippen LogP contribution in [0.4, 0.5) is 11.4 Å². The van der Waals surface area contributed by atoms with Crippen LogP contribution in [0.2, 0.25) is 0 Å². The molecule has 4 rings (SSSR count). The molecule has 0 unspecified atom stereocenters. The van der Waals surface area contributed by atoms with Crippen molar-refractivity contribution in [2.24, 2.45) is 0 Å². The molecule has 3 aromatic rings. The van der Waals surface area contributed by atoms with Gasteiger partial charge >= 0.3 is 0 Å². The molecule has 184 valence electrons. The van der Waals surface area contributed by atoms with Gasteiger partial charge in [-0.2, -0.15) is 0 Å². The number of benzene rings is 3. The van der Waals surface area contributed by atoms with Crippen molar-refractivity contribution in [3.05, 3.63) is 92.9 Å². The van der Waals surface area contributed by atoms with E-state index in [0.717, 1.165) is 16.1 Å². The summed E-state index contributed by atoms with van der Waals surface area (Å²) in [4.78, 5) is 27.1. The van der Waals surface area contributed by atoms with Gasteiger partial charge in [0, 0.05) is 11.0 Å². The summed E-state index contributed by atoms with van der Waals surface area (Å²) in [5.74, 6) is 0.750. The highest BCUT2D eigenvalue weighted by Crippen LogP contribution is 2.38. The molecule has 1 heterocycles. The summed E-state index contributed by atoms with van der Waals surface area (Å²) >= 11 is 8.34. The van der Waals surface area contributed by atoms with Crippen molar-refractivity contribution in [2.45, 2.75) is 18.4 Å². The van der Waals surface area contributed by atoms with Gasteiger partial charge < -0.3 is 9.47 Å². The Labute approximate surface area is 222 Å². The molecule has 3 aromatic carbocycles. The second-order valence-electron chi connectivity index (χ2n) is 7.53. The maximum Gasteiger partial charge on any atom is 0.276 e. The number of anilines is 1. The normalized spacial score (nSPS) is 14.4. The van der Waals surface area contributed by atoms with E-state index in [9.17, 15) is 14.9 Å². The second-order valence-corrected chi connectivity index (χ2v) is 10.1. The number of nitro benzene ring substituents is 1. The number of carbonyl (C=O) groups excluding carboxylic acids is 1. The van der Waals surface area contributed by atoms with Gasteiger partial charge in [0.05, 0.1) is 27.7 Å². The van der Waals surface area contributed by atoms with E-state index in [2.05, 4.69) is 0 Å². The smallest absolute Gasteiger partial charge is 0.276 e. The molecule has 0 N–H and O–H groups in total. The van der Waals surface area contributed by atoms with E-state index >= 15 is 0 Å². The third-order valence-electron chi connectivity index (χ3n) is 5.24. The quantitative estimate of drug-likeness (QED) is 0.0979.